The number of aliphatic hydroxyl groups is 1. The molecular formula is C22H23F2N3O6S. The summed E-state index contributed by atoms with van der Waals surface area (Å²) in [7, 11) is -3.97. The summed E-state index contributed by atoms with van der Waals surface area (Å²) in [5.74, 6) is -2.71. The molecule has 1 atom stereocenters. The molecule has 0 fully saturated rings. The van der Waals surface area contributed by atoms with Gasteiger partial charge in [-0.05, 0) is 43.5 Å². The lowest BCUT2D eigenvalue weighted by Crippen LogP contribution is -2.50. The van der Waals surface area contributed by atoms with Crippen molar-refractivity contribution in [2.45, 2.75) is 31.1 Å². The monoisotopic (exact) mass is 495 g/mol. The number of carbonyl (C=O) groups is 1. The molecule has 34 heavy (non-hydrogen) atoms. The number of rotatable bonds is 8. The molecule has 0 aliphatic heterocycles. The van der Waals surface area contributed by atoms with Crippen LogP contribution in [0, 0.1) is 11.6 Å². The lowest BCUT2D eigenvalue weighted by Gasteiger charge is -2.25. The molecule has 0 saturated heterocycles. The predicted molar refractivity (Wildman–Crippen MR) is 120 cm³/mol. The summed E-state index contributed by atoms with van der Waals surface area (Å²) in [6.45, 7) is 0.691. The highest BCUT2D eigenvalue weighted by molar-refractivity contribution is 7.92. The van der Waals surface area contributed by atoms with Crippen molar-refractivity contribution in [2.75, 3.05) is 12.9 Å². The highest BCUT2D eigenvalue weighted by Crippen LogP contribution is 2.29. The number of amides is 1. The molecule has 1 unspecified atom stereocenters. The molecule has 0 bridgehead atoms. The molecule has 12 heteroatoms. The smallest absolute Gasteiger partial charge is 0.264 e. The minimum atomic E-state index is -3.97. The summed E-state index contributed by atoms with van der Waals surface area (Å²) in [5, 5.41) is 17.8. The Labute approximate surface area is 193 Å². The van der Waals surface area contributed by atoms with E-state index in [1.54, 1.807) is 6.07 Å². The molecule has 9 nitrogen and oxygen atoms in total. The number of aromatic nitrogens is 2. The molecule has 0 saturated carbocycles. The van der Waals surface area contributed by atoms with E-state index in [9.17, 15) is 26.8 Å². The summed E-state index contributed by atoms with van der Waals surface area (Å²) in [6, 6.07) is 6.30. The van der Waals surface area contributed by atoms with E-state index in [-0.39, 0.29) is 48.0 Å². The number of aryl methyl sites for hydroxylation is 1. The van der Waals surface area contributed by atoms with Gasteiger partial charge in [-0.15, -0.1) is 0 Å². The number of hydrogen-bond acceptors (Lipinski definition) is 7. The number of carbonyl (C=O) groups excluding carboxylic acids is 1. The van der Waals surface area contributed by atoms with E-state index in [1.165, 1.54) is 23.7 Å². The number of fused-ring (bicyclic) bond motifs is 1. The van der Waals surface area contributed by atoms with Gasteiger partial charge in [-0.3, -0.25) is 19.4 Å². The maximum Gasteiger partial charge on any atom is 0.264 e. The van der Waals surface area contributed by atoms with Crippen LogP contribution < -0.4 is 11.0 Å². The molecule has 1 amide bonds. The normalized spacial score (nSPS) is 13.6. The van der Waals surface area contributed by atoms with Crippen molar-refractivity contribution in [3.63, 3.8) is 0 Å². The Morgan fingerprint density at radius 3 is 2.44 bits per heavy atom. The van der Waals surface area contributed by atoms with Crippen molar-refractivity contribution >= 4 is 26.6 Å². The summed E-state index contributed by atoms with van der Waals surface area (Å²) < 4.78 is 52.7. The zero-order valence-electron chi connectivity index (χ0n) is 18.4. The topological polar surface area (TPSA) is 139 Å². The van der Waals surface area contributed by atoms with Gasteiger partial charge in [-0.2, -0.15) is 0 Å². The second-order valence-corrected chi connectivity index (χ2v) is 10.5. The van der Waals surface area contributed by atoms with Crippen LogP contribution in [0.5, 0.6) is 0 Å². The van der Waals surface area contributed by atoms with Crippen molar-refractivity contribution in [1.29, 1.82) is 0 Å². The van der Waals surface area contributed by atoms with E-state index in [1.807, 2.05) is 0 Å². The lowest BCUT2D eigenvalue weighted by molar-refractivity contribution is -0.131. The van der Waals surface area contributed by atoms with Crippen LogP contribution in [0.25, 0.3) is 22.0 Å². The molecule has 3 aromatic rings. The molecule has 0 aliphatic carbocycles. The van der Waals surface area contributed by atoms with Crippen molar-refractivity contribution < 1.29 is 32.3 Å². The summed E-state index contributed by atoms with van der Waals surface area (Å²) >= 11 is 0. The van der Waals surface area contributed by atoms with E-state index in [0.29, 0.717) is 5.56 Å². The minimum absolute atomic E-state index is 0.0361. The van der Waals surface area contributed by atoms with Gasteiger partial charge in [0.05, 0.1) is 17.2 Å². The molecule has 1 aromatic heterocycles. The average molecular weight is 496 g/mol. The zero-order valence-corrected chi connectivity index (χ0v) is 19.2. The van der Waals surface area contributed by atoms with E-state index in [2.05, 4.69) is 4.98 Å². The molecule has 0 radical (unpaired) electrons. The number of sulfone groups is 1. The van der Waals surface area contributed by atoms with Gasteiger partial charge in [0.2, 0.25) is 0 Å². The van der Waals surface area contributed by atoms with E-state index in [0.717, 1.165) is 30.1 Å². The number of halogens is 2. The van der Waals surface area contributed by atoms with Crippen LogP contribution in [0.3, 0.4) is 0 Å². The Balaban J connectivity index is 2.00. The van der Waals surface area contributed by atoms with Gasteiger partial charge in [0.15, 0.2) is 14.6 Å². The summed E-state index contributed by atoms with van der Waals surface area (Å²) in [5.41, 5.74) is 1.14. The third-order valence-corrected chi connectivity index (χ3v) is 7.89. The molecule has 1 heterocycles. The quantitative estimate of drug-likeness (QED) is 0.319. The summed E-state index contributed by atoms with van der Waals surface area (Å²) in [4.78, 5) is 29.0. The minimum Gasteiger partial charge on any atom is -0.396 e. The first-order chi connectivity index (χ1) is 15.9. The highest BCUT2D eigenvalue weighted by atomic mass is 32.2. The predicted octanol–water partition coefficient (Wildman–Crippen LogP) is 1.58. The van der Waals surface area contributed by atoms with Gasteiger partial charge >= 0.3 is 0 Å². The van der Waals surface area contributed by atoms with Gasteiger partial charge < -0.3 is 5.11 Å². The van der Waals surface area contributed by atoms with Crippen molar-refractivity contribution in [1.82, 2.24) is 15.0 Å². The molecule has 3 N–H and O–H groups in total. The number of hydrogen-bond donors (Lipinski definition) is 3. The standard InChI is InChI=1S/C22H23F2N3O6S/c1-22(21(30)26-31,34(2,32)33)6-7-27-12-25-19-11-15(18(24)10-16(19)20(27)29)14-4-3-13(5-8-28)9-17(14)23/h3-4,9-12,28,31H,5-8H2,1-2H3,(H,26,30). The van der Waals surface area contributed by atoms with Crippen molar-refractivity contribution in [3.8, 4) is 11.1 Å². The van der Waals surface area contributed by atoms with E-state index in [4.69, 9.17) is 10.3 Å². The van der Waals surface area contributed by atoms with Crippen molar-refractivity contribution in [3.05, 3.63) is 64.2 Å². The van der Waals surface area contributed by atoms with Crippen LogP contribution in [0.4, 0.5) is 8.78 Å². The Hall–Kier alpha value is -3.22. The van der Waals surface area contributed by atoms with Crippen molar-refractivity contribution in [2.24, 2.45) is 0 Å². The Kier molecular flexibility index (Phi) is 7.15. The van der Waals surface area contributed by atoms with E-state index >= 15 is 0 Å². The molecule has 3 rings (SSSR count). The van der Waals surface area contributed by atoms with E-state index < -0.39 is 37.7 Å². The Morgan fingerprint density at radius 1 is 1.18 bits per heavy atom. The third-order valence-electron chi connectivity index (χ3n) is 5.87. The lowest BCUT2D eigenvalue weighted by atomic mass is 10.00. The number of benzene rings is 2. The largest absolute Gasteiger partial charge is 0.396 e. The SMILES string of the molecule is CC(CCn1cnc2cc(-c3ccc(CCO)cc3F)c(F)cc2c1=O)(C(=O)NO)S(C)(=O)=O. The fraction of sp³-hybridized carbons (Fsp3) is 0.318. The molecule has 0 spiro atoms. The second kappa shape index (κ2) is 9.57. The molecule has 2 aromatic carbocycles. The van der Waals surface area contributed by atoms with Crippen LogP contribution in [-0.4, -0.2) is 51.8 Å². The van der Waals surface area contributed by atoms with Gasteiger partial charge in [-0.1, -0.05) is 12.1 Å². The number of hydroxylamine groups is 1. The second-order valence-electron chi connectivity index (χ2n) is 8.07. The Morgan fingerprint density at radius 2 is 1.85 bits per heavy atom. The number of nitrogens with one attached hydrogen (secondary N) is 1. The first-order valence-electron chi connectivity index (χ1n) is 10.2. The van der Waals surface area contributed by atoms with Gasteiger partial charge in [0, 0.05) is 30.5 Å². The third kappa shape index (κ3) is 4.69. The van der Waals surface area contributed by atoms with Gasteiger partial charge in [0.1, 0.15) is 11.6 Å². The van der Waals surface area contributed by atoms with Crippen LogP contribution >= 0.6 is 0 Å². The molecule has 182 valence electrons. The van der Waals surface area contributed by atoms with Crippen LogP contribution in [-0.2, 0) is 27.6 Å². The summed E-state index contributed by atoms with van der Waals surface area (Å²) in [6.07, 6.45) is 1.83. The Bertz CT molecular complexity index is 1420. The first-order valence-corrected chi connectivity index (χ1v) is 12.0. The van der Waals surface area contributed by atoms with Gasteiger partial charge in [-0.25, -0.2) is 27.7 Å². The maximum absolute atomic E-state index is 14.9. The number of nitrogens with zero attached hydrogens (tertiary/aromatic N) is 2. The molecular weight excluding hydrogens is 472 g/mol. The van der Waals surface area contributed by atoms with Gasteiger partial charge in [0.25, 0.3) is 11.5 Å². The average Bonchev–Trinajstić information content (AvgIpc) is 2.78. The van der Waals surface area contributed by atoms with Crippen LogP contribution in [0.15, 0.2) is 41.5 Å². The highest BCUT2D eigenvalue weighted by Gasteiger charge is 2.43. The number of aliphatic hydroxyl groups excluding tert-OH is 1. The van der Waals surface area contributed by atoms with Crippen LogP contribution in [0.2, 0.25) is 0 Å². The zero-order chi connectivity index (χ0) is 25.3. The maximum atomic E-state index is 14.9. The molecule has 0 aliphatic rings. The fourth-order valence-electron chi connectivity index (χ4n) is 3.53. The first kappa shape index (κ1) is 25.4. The fourth-order valence-corrected chi connectivity index (χ4v) is 4.37. The van der Waals surface area contributed by atoms with Crippen LogP contribution in [0.1, 0.15) is 18.9 Å².